The molecule has 2 amide bonds. The highest BCUT2D eigenvalue weighted by molar-refractivity contribution is 5.73. The van der Waals surface area contributed by atoms with Crippen molar-refractivity contribution < 1.29 is 24.1 Å². The second kappa shape index (κ2) is 10.7. The molecule has 166 valence electrons. The number of carbonyl (C=O) groups is 1. The normalized spacial score (nSPS) is 29.8. The van der Waals surface area contributed by atoms with Crippen LogP contribution in [0.3, 0.4) is 0 Å². The summed E-state index contributed by atoms with van der Waals surface area (Å²) in [6.07, 6.45) is 9.30. The Labute approximate surface area is 175 Å². The summed E-state index contributed by atoms with van der Waals surface area (Å²) in [5.41, 5.74) is 5.82. The maximum absolute atomic E-state index is 12.4. The Morgan fingerprint density at radius 2 is 2.07 bits per heavy atom. The van der Waals surface area contributed by atoms with Gasteiger partial charge in [0.1, 0.15) is 0 Å². The van der Waals surface area contributed by atoms with Crippen LogP contribution < -0.4 is 5.73 Å². The fourth-order valence-corrected chi connectivity index (χ4v) is 4.65. The zero-order valence-electron chi connectivity index (χ0n) is 18.6. The van der Waals surface area contributed by atoms with Gasteiger partial charge in [-0.25, -0.2) is 4.79 Å². The number of hydrogen-bond acceptors (Lipinski definition) is 6. The minimum Gasteiger partial charge on any atom is -0.389 e. The summed E-state index contributed by atoms with van der Waals surface area (Å²) in [4.78, 5) is 16.5. The maximum atomic E-state index is 12.4. The van der Waals surface area contributed by atoms with Crippen LogP contribution in [0.4, 0.5) is 4.79 Å². The number of hydrogen-bond donors (Lipinski definition) is 2. The Kier molecular flexibility index (Phi) is 7.79. The van der Waals surface area contributed by atoms with E-state index in [4.69, 9.17) is 21.4 Å². The van der Waals surface area contributed by atoms with E-state index in [-0.39, 0.29) is 24.3 Å². The summed E-state index contributed by atoms with van der Waals surface area (Å²) in [6, 6.07) is -0.379. The van der Waals surface area contributed by atoms with Crippen molar-refractivity contribution in [2.75, 3.05) is 39.5 Å². The number of urea groups is 1. The number of nitrogens with zero attached hydrogens (tertiary/aromatic N) is 2. The summed E-state index contributed by atoms with van der Waals surface area (Å²) in [5.74, 6) is -0.704. The van der Waals surface area contributed by atoms with Gasteiger partial charge in [-0.15, -0.1) is 0 Å². The fourth-order valence-electron chi connectivity index (χ4n) is 4.65. The lowest BCUT2D eigenvalue weighted by atomic mass is 9.98. The van der Waals surface area contributed by atoms with Crippen molar-refractivity contribution in [3.8, 4) is 0 Å². The number of carbonyl (C=O) groups excluding carboxylic acids is 1. The second-order valence-electron chi connectivity index (χ2n) is 8.18. The third-order valence-corrected chi connectivity index (χ3v) is 6.20. The molecule has 0 spiro atoms. The number of ether oxygens (including phenoxy) is 3. The first-order chi connectivity index (χ1) is 14.6. The number of rotatable bonds is 9. The molecule has 29 heavy (non-hydrogen) atoms. The molecule has 0 bridgehead atoms. The van der Waals surface area contributed by atoms with Gasteiger partial charge in [-0.05, 0) is 32.1 Å². The SMILES string of the molecule is [3H]O[C@H](/C=C\CCC1(C[C@@H]2CC[C@H](N3CCOCC3)N2C(N)=O)OCCCO1)CC. The first kappa shape index (κ1) is 21.1. The van der Waals surface area contributed by atoms with Gasteiger partial charge < -0.3 is 30.0 Å². The van der Waals surface area contributed by atoms with Crippen LogP contribution in [0.2, 0.25) is 0 Å². The molecule has 0 aromatic rings. The van der Waals surface area contributed by atoms with Crippen LogP contribution in [-0.4, -0.2) is 86.0 Å². The quantitative estimate of drug-likeness (QED) is 0.560. The third-order valence-electron chi connectivity index (χ3n) is 6.20. The van der Waals surface area contributed by atoms with Crippen LogP contribution in [0.1, 0.15) is 51.9 Å². The summed E-state index contributed by atoms with van der Waals surface area (Å²) in [5, 5.41) is 4.66. The highest BCUT2D eigenvalue weighted by atomic mass is 16.7. The van der Waals surface area contributed by atoms with E-state index in [1.54, 1.807) is 0 Å². The largest absolute Gasteiger partial charge is 0.389 e. The summed E-state index contributed by atoms with van der Waals surface area (Å²) >= 11 is 0. The number of allylic oxidation sites excluding steroid dienone is 1. The Bertz CT molecular complexity index is 563. The van der Waals surface area contributed by atoms with Gasteiger partial charge >= 0.3 is 6.03 Å². The van der Waals surface area contributed by atoms with Gasteiger partial charge in [-0.3, -0.25) is 4.90 Å². The summed E-state index contributed by atoms with van der Waals surface area (Å²) in [7, 11) is 0. The maximum Gasteiger partial charge on any atom is 0.316 e. The lowest BCUT2D eigenvalue weighted by molar-refractivity contribution is -0.277. The molecule has 0 unspecified atom stereocenters. The van der Waals surface area contributed by atoms with Crippen LogP contribution >= 0.6 is 0 Å². The highest BCUT2D eigenvalue weighted by Crippen LogP contribution is 2.37. The van der Waals surface area contributed by atoms with Gasteiger partial charge in [0.15, 0.2) is 5.79 Å². The van der Waals surface area contributed by atoms with Gasteiger partial charge in [-0.2, -0.15) is 0 Å². The van der Waals surface area contributed by atoms with Crippen molar-refractivity contribution in [2.24, 2.45) is 5.73 Å². The van der Waals surface area contributed by atoms with Crippen molar-refractivity contribution >= 4 is 6.03 Å². The van der Waals surface area contributed by atoms with Crippen molar-refractivity contribution in [3.05, 3.63) is 12.2 Å². The molecular formula is C21H37N3O5. The molecule has 0 aromatic heterocycles. The molecular weight excluding hydrogens is 374 g/mol. The molecule has 0 aliphatic carbocycles. The zero-order valence-corrected chi connectivity index (χ0v) is 17.6. The Morgan fingerprint density at radius 1 is 1.31 bits per heavy atom. The number of likely N-dealkylation sites (tertiary alicyclic amines) is 1. The van der Waals surface area contributed by atoms with Crippen molar-refractivity contribution in [1.82, 2.24) is 9.80 Å². The Morgan fingerprint density at radius 3 is 2.72 bits per heavy atom. The molecule has 3 rings (SSSR count). The smallest absolute Gasteiger partial charge is 0.316 e. The predicted molar refractivity (Wildman–Crippen MR) is 109 cm³/mol. The first-order valence-electron chi connectivity index (χ1n) is 11.5. The molecule has 3 atom stereocenters. The topological polar surface area (TPSA) is 97.5 Å². The third kappa shape index (κ3) is 5.92. The van der Waals surface area contributed by atoms with Crippen LogP contribution in [0.5, 0.6) is 0 Å². The van der Waals surface area contributed by atoms with E-state index in [1.807, 2.05) is 24.0 Å². The Hall–Kier alpha value is -1.19. The Balaban J connectivity index is 1.65. The second-order valence-corrected chi connectivity index (χ2v) is 8.18. The summed E-state index contributed by atoms with van der Waals surface area (Å²) < 4.78 is 24.9. The predicted octanol–water partition coefficient (Wildman–Crippen LogP) is 1.82. The molecule has 3 fully saturated rings. The average molecular weight is 414 g/mol. The number of amides is 2. The molecule has 3 aliphatic rings. The fraction of sp³-hybridized carbons (Fsp3) is 0.857. The molecule has 0 radical (unpaired) electrons. The van der Waals surface area contributed by atoms with Crippen LogP contribution in [0.25, 0.3) is 0 Å². The number of primary amides is 1. The van der Waals surface area contributed by atoms with E-state index in [2.05, 4.69) is 10.0 Å². The van der Waals surface area contributed by atoms with Gasteiger partial charge in [0, 0.05) is 32.0 Å². The first-order valence-corrected chi connectivity index (χ1v) is 11.0. The lowest BCUT2D eigenvalue weighted by Crippen LogP contribution is -2.56. The molecule has 0 saturated carbocycles. The van der Waals surface area contributed by atoms with Gasteiger partial charge in [0.25, 0.3) is 0 Å². The molecule has 8 heteroatoms. The van der Waals surface area contributed by atoms with E-state index < -0.39 is 5.79 Å². The van der Waals surface area contributed by atoms with E-state index in [1.165, 1.54) is 0 Å². The number of morpholine rings is 1. The standard InChI is InChI=1S/C21H37N3O5/c1-2-18(25)6-3-4-9-21(28-12-5-13-29-21)16-17-7-8-19(24(17)20(22)26)23-10-14-27-15-11-23/h3,6,17-19,25H,2,4-5,7-16H2,1H3,(H2,22,26)/b6-3-/t17-,18-,19+/m0/s1/i25T. The van der Waals surface area contributed by atoms with E-state index in [0.29, 0.717) is 39.3 Å². The van der Waals surface area contributed by atoms with Gasteiger partial charge in [0.05, 0.1) is 38.7 Å². The van der Waals surface area contributed by atoms with Crippen molar-refractivity contribution in [1.29, 1.82) is 1.43 Å². The van der Waals surface area contributed by atoms with Crippen molar-refractivity contribution in [3.63, 3.8) is 0 Å². The highest BCUT2D eigenvalue weighted by Gasteiger charge is 2.45. The average Bonchev–Trinajstić information content (AvgIpc) is 3.19. The molecule has 8 nitrogen and oxygen atoms in total. The molecule has 3 aliphatic heterocycles. The van der Waals surface area contributed by atoms with Gasteiger partial charge in [-0.1, -0.05) is 19.1 Å². The number of aliphatic hydroxyl groups is 1. The molecule has 3 N–H and O–H groups in total. The van der Waals surface area contributed by atoms with Crippen LogP contribution in [-0.2, 0) is 14.2 Å². The van der Waals surface area contributed by atoms with Crippen LogP contribution in [0, 0.1) is 0 Å². The monoisotopic (exact) mass is 413 g/mol. The molecule has 0 aromatic carbocycles. The molecule has 3 saturated heterocycles. The van der Waals surface area contributed by atoms with Crippen LogP contribution in [0.15, 0.2) is 12.2 Å². The zero-order chi connectivity index (χ0) is 21.4. The minimum absolute atomic E-state index is 0.00242. The van der Waals surface area contributed by atoms with Gasteiger partial charge in [0.2, 0.25) is 1.43 Å². The molecule has 3 heterocycles. The minimum atomic E-state index is -0.704. The van der Waals surface area contributed by atoms with E-state index >= 15 is 0 Å². The van der Waals surface area contributed by atoms with E-state index in [0.717, 1.165) is 45.2 Å². The summed E-state index contributed by atoms with van der Waals surface area (Å²) in [6.45, 7) is 6.33. The number of nitrogens with two attached hydrogens (primary N) is 1. The lowest BCUT2D eigenvalue weighted by Gasteiger charge is -2.42. The van der Waals surface area contributed by atoms with Crippen molar-refractivity contribution in [2.45, 2.75) is 76.0 Å². The van der Waals surface area contributed by atoms with E-state index in [9.17, 15) is 4.79 Å². The number of aliphatic hydroxyl groups excluding tert-OH is 1.